The average molecular weight is 391 g/mol. The van der Waals surface area contributed by atoms with Crippen LogP contribution in [0.3, 0.4) is 0 Å². The molecule has 0 N–H and O–H groups in total. The molecule has 6 nitrogen and oxygen atoms in total. The van der Waals surface area contributed by atoms with E-state index in [1.165, 1.54) is 21.3 Å². The number of carbonyl (C=O) groups excluding carboxylic acids is 1. The van der Waals surface area contributed by atoms with Crippen LogP contribution in [0.1, 0.15) is 21.5 Å². The number of pyridine rings is 1. The number of methoxy groups -OCH3 is 3. The maximum absolute atomic E-state index is 12.8. The van der Waals surface area contributed by atoms with Gasteiger partial charge >= 0.3 is 5.97 Å². The summed E-state index contributed by atoms with van der Waals surface area (Å²) >= 11 is 0. The summed E-state index contributed by atoms with van der Waals surface area (Å²) in [7, 11) is 4.48. The van der Waals surface area contributed by atoms with Gasteiger partial charge in [0, 0.05) is 12.4 Å². The summed E-state index contributed by atoms with van der Waals surface area (Å²) in [6.07, 6.45) is 7.36. The van der Waals surface area contributed by atoms with Crippen molar-refractivity contribution in [2.24, 2.45) is 0 Å². The van der Waals surface area contributed by atoms with Crippen LogP contribution in [-0.2, 0) is 0 Å². The molecule has 0 saturated carbocycles. The highest BCUT2D eigenvalue weighted by molar-refractivity contribution is 5.97. The minimum atomic E-state index is -0.599. The first-order valence-corrected chi connectivity index (χ1v) is 8.85. The van der Waals surface area contributed by atoms with Gasteiger partial charge in [-0.3, -0.25) is 4.98 Å². The molecule has 148 valence electrons. The molecule has 6 heteroatoms. The van der Waals surface area contributed by atoms with E-state index in [9.17, 15) is 4.79 Å². The highest BCUT2D eigenvalue weighted by atomic mass is 16.6. The number of carbonyl (C=O) groups is 1. The number of hydrogen-bond acceptors (Lipinski definition) is 6. The van der Waals surface area contributed by atoms with Crippen LogP contribution < -0.4 is 18.9 Å². The van der Waals surface area contributed by atoms with Gasteiger partial charge in [0.2, 0.25) is 0 Å². The summed E-state index contributed by atoms with van der Waals surface area (Å²) in [5.41, 5.74) is 2.13. The first-order chi connectivity index (χ1) is 14.2. The molecule has 2 aromatic carbocycles. The van der Waals surface area contributed by atoms with Crippen LogP contribution in [0.25, 0.3) is 12.2 Å². The van der Waals surface area contributed by atoms with Gasteiger partial charge in [-0.2, -0.15) is 0 Å². The molecular weight excluding hydrogens is 370 g/mol. The summed E-state index contributed by atoms with van der Waals surface area (Å²) in [5.74, 6) is 0.865. The van der Waals surface area contributed by atoms with Crippen LogP contribution in [0.4, 0.5) is 0 Å². The molecule has 0 saturated heterocycles. The van der Waals surface area contributed by atoms with E-state index in [-0.39, 0.29) is 5.56 Å². The van der Waals surface area contributed by atoms with Crippen molar-refractivity contribution < 1.29 is 23.7 Å². The number of aromatic nitrogens is 1. The lowest BCUT2D eigenvalue weighted by atomic mass is 10.1. The molecule has 0 fully saturated rings. The Bertz CT molecular complexity index is 993. The second-order valence-corrected chi connectivity index (χ2v) is 5.95. The maximum Gasteiger partial charge on any atom is 0.351 e. The van der Waals surface area contributed by atoms with Gasteiger partial charge in [0.05, 0.1) is 21.3 Å². The number of rotatable bonds is 7. The third kappa shape index (κ3) is 4.73. The summed E-state index contributed by atoms with van der Waals surface area (Å²) in [6.45, 7) is 0. The van der Waals surface area contributed by atoms with Crippen molar-refractivity contribution in [3.63, 3.8) is 0 Å². The number of benzene rings is 2. The molecule has 0 bridgehead atoms. The Kier molecular flexibility index (Phi) is 6.47. The first kappa shape index (κ1) is 19.9. The van der Waals surface area contributed by atoms with E-state index in [2.05, 4.69) is 4.98 Å². The molecule has 1 aromatic heterocycles. The monoisotopic (exact) mass is 391 g/mol. The summed E-state index contributed by atoms with van der Waals surface area (Å²) < 4.78 is 21.5. The standard InChI is InChI=1S/C23H21NO5/c1-26-19-5-4-6-20(27-2)22(19)23(25)29-18-10-9-17(15-21(18)28-3)8-7-16-11-13-24-14-12-16/h4-15H,1-3H3/b8-7+. The number of nitrogens with zero attached hydrogens (tertiary/aromatic N) is 1. The predicted molar refractivity (Wildman–Crippen MR) is 111 cm³/mol. The Labute approximate surface area is 169 Å². The minimum absolute atomic E-state index is 0.209. The number of ether oxygens (including phenoxy) is 4. The van der Waals surface area contributed by atoms with Crippen molar-refractivity contribution in [3.8, 4) is 23.0 Å². The molecule has 0 amide bonds. The fraction of sp³-hybridized carbons (Fsp3) is 0.130. The lowest BCUT2D eigenvalue weighted by molar-refractivity contribution is 0.0722. The van der Waals surface area contributed by atoms with Crippen molar-refractivity contribution in [1.82, 2.24) is 4.98 Å². The Balaban J connectivity index is 1.85. The van der Waals surface area contributed by atoms with E-state index in [4.69, 9.17) is 18.9 Å². The van der Waals surface area contributed by atoms with Gasteiger partial charge in [-0.1, -0.05) is 24.3 Å². The van der Waals surface area contributed by atoms with Crippen molar-refractivity contribution in [2.45, 2.75) is 0 Å². The second-order valence-electron chi connectivity index (χ2n) is 5.95. The normalized spacial score (nSPS) is 10.6. The van der Waals surface area contributed by atoms with Gasteiger partial charge < -0.3 is 18.9 Å². The zero-order chi connectivity index (χ0) is 20.6. The molecule has 3 rings (SSSR count). The minimum Gasteiger partial charge on any atom is -0.496 e. The molecular formula is C23H21NO5. The first-order valence-electron chi connectivity index (χ1n) is 8.85. The molecule has 3 aromatic rings. The number of esters is 1. The van der Waals surface area contributed by atoms with E-state index in [1.807, 2.05) is 30.4 Å². The van der Waals surface area contributed by atoms with Gasteiger partial charge in [-0.25, -0.2) is 4.79 Å². The van der Waals surface area contributed by atoms with Gasteiger partial charge in [0.15, 0.2) is 11.5 Å². The van der Waals surface area contributed by atoms with Crippen LogP contribution in [0.15, 0.2) is 60.9 Å². The average Bonchev–Trinajstić information content (AvgIpc) is 2.78. The molecule has 0 atom stereocenters. The van der Waals surface area contributed by atoms with Crippen molar-refractivity contribution in [3.05, 3.63) is 77.6 Å². The van der Waals surface area contributed by atoms with Gasteiger partial charge in [0.25, 0.3) is 0 Å². The highest BCUT2D eigenvalue weighted by Gasteiger charge is 2.21. The third-order valence-electron chi connectivity index (χ3n) is 4.20. The van der Waals surface area contributed by atoms with Crippen LogP contribution in [0, 0.1) is 0 Å². The van der Waals surface area contributed by atoms with E-state index in [1.54, 1.807) is 42.7 Å². The van der Waals surface area contributed by atoms with E-state index < -0.39 is 5.97 Å². The fourth-order valence-electron chi connectivity index (χ4n) is 2.74. The summed E-state index contributed by atoms with van der Waals surface area (Å²) in [4.78, 5) is 16.8. The molecule has 0 aliphatic heterocycles. The van der Waals surface area contributed by atoms with E-state index in [0.29, 0.717) is 23.0 Å². The van der Waals surface area contributed by atoms with Crippen LogP contribution >= 0.6 is 0 Å². The molecule has 0 radical (unpaired) electrons. The van der Waals surface area contributed by atoms with E-state index in [0.717, 1.165) is 11.1 Å². The molecule has 0 aliphatic carbocycles. The van der Waals surface area contributed by atoms with Gasteiger partial charge in [-0.15, -0.1) is 0 Å². The lowest BCUT2D eigenvalue weighted by Gasteiger charge is -2.14. The fourth-order valence-corrected chi connectivity index (χ4v) is 2.74. The maximum atomic E-state index is 12.8. The smallest absolute Gasteiger partial charge is 0.351 e. The topological polar surface area (TPSA) is 66.9 Å². The van der Waals surface area contributed by atoms with Crippen LogP contribution in [0.5, 0.6) is 23.0 Å². The molecule has 0 aliphatic rings. The molecule has 0 spiro atoms. The van der Waals surface area contributed by atoms with Crippen molar-refractivity contribution in [2.75, 3.05) is 21.3 Å². The van der Waals surface area contributed by atoms with Crippen LogP contribution in [-0.4, -0.2) is 32.3 Å². The van der Waals surface area contributed by atoms with Crippen molar-refractivity contribution >= 4 is 18.1 Å². The predicted octanol–water partition coefficient (Wildman–Crippen LogP) is 4.50. The van der Waals surface area contributed by atoms with Gasteiger partial charge in [0.1, 0.15) is 17.1 Å². The Morgan fingerprint density at radius 1 is 0.759 bits per heavy atom. The summed E-state index contributed by atoms with van der Waals surface area (Å²) in [6, 6.07) is 14.2. The number of hydrogen-bond donors (Lipinski definition) is 0. The lowest BCUT2D eigenvalue weighted by Crippen LogP contribution is -2.12. The third-order valence-corrected chi connectivity index (χ3v) is 4.20. The van der Waals surface area contributed by atoms with Crippen LogP contribution in [0.2, 0.25) is 0 Å². The Morgan fingerprint density at radius 2 is 1.38 bits per heavy atom. The zero-order valence-electron chi connectivity index (χ0n) is 16.4. The SMILES string of the molecule is COc1cc(/C=C/c2ccncc2)ccc1OC(=O)c1c(OC)cccc1OC. The Morgan fingerprint density at radius 3 is 2.00 bits per heavy atom. The largest absolute Gasteiger partial charge is 0.496 e. The summed E-state index contributed by atoms with van der Waals surface area (Å²) in [5, 5.41) is 0. The second kappa shape index (κ2) is 9.41. The molecule has 29 heavy (non-hydrogen) atoms. The Hall–Kier alpha value is -3.80. The van der Waals surface area contributed by atoms with Crippen molar-refractivity contribution in [1.29, 1.82) is 0 Å². The molecule has 0 unspecified atom stereocenters. The zero-order valence-corrected chi connectivity index (χ0v) is 16.4. The van der Waals surface area contributed by atoms with E-state index >= 15 is 0 Å². The highest BCUT2D eigenvalue weighted by Crippen LogP contribution is 2.33. The molecule has 1 heterocycles. The quantitative estimate of drug-likeness (QED) is 0.436. The van der Waals surface area contributed by atoms with Gasteiger partial charge in [-0.05, 0) is 47.5 Å².